The summed E-state index contributed by atoms with van der Waals surface area (Å²) in [7, 11) is 0. The first kappa shape index (κ1) is 20.0. The molecule has 8 heteroatoms. The highest BCUT2D eigenvalue weighted by atomic mass is 35.5. The zero-order valence-electron chi connectivity index (χ0n) is 12.4. The molecule has 1 aliphatic rings. The van der Waals surface area contributed by atoms with Crippen molar-refractivity contribution < 1.29 is 27.4 Å². The largest absolute Gasteiger partial charge is 0.573 e. The van der Waals surface area contributed by atoms with Gasteiger partial charge in [0.2, 0.25) is 0 Å². The Morgan fingerprint density at radius 1 is 1.17 bits per heavy atom. The van der Waals surface area contributed by atoms with E-state index in [-0.39, 0.29) is 23.9 Å². The number of benzene rings is 1. The van der Waals surface area contributed by atoms with Crippen LogP contribution in [-0.4, -0.2) is 17.6 Å². The lowest BCUT2D eigenvalue weighted by molar-refractivity contribution is -0.274. The molecule has 0 amide bonds. The van der Waals surface area contributed by atoms with E-state index in [4.69, 9.17) is 5.73 Å². The highest BCUT2D eigenvalue weighted by molar-refractivity contribution is 5.85. The fourth-order valence-electron chi connectivity index (χ4n) is 2.93. The number of hydrogen-bond donors (Lipinski definition) is 2. The second kappa shape index (κ2) is 8.17. The summed E-state index contributed by atoms with van der Waals surface area (Å²) < 4.78 is 54.3. The van der Waals surface area contributed by atoms with Crippen LogP contribution in [-0.2, 0) is 0 Å². The molecule has 0 saturated heterocycles. The van der Waals surface area contributed by atoms with Crippen molar-refractivity contribution in [2.45, 2.75) is 50.6 Å². The van der Waals surface area contributed by atoms with Crippen LogP contribution in [0.4, 0.5) is 17.6 Å². The highest BCUT2D eigenvalue weighted by Gasteiger charge is 2.33. The summed E-state index contributed by atoms with van der Waals surface area (Å²) in [6.45, 7) is 0. The van der Waals surface area contributed by atoms with E-state index in [1.807, 2.05) is 0 Å². The lowest BCUT2D eigenvalue weighted by atomic mass is 9.81. The maximum atomic E-state index is 13.9. The Labute approximate surface area is 138 Å². The molecule has 0 bridgehead atoms. The van der Waals surface area contributed by atoms with Crippen LogP contribution in [0.2, 0.25) is 0 Å². The molecule has 1 aromatic carbocycles. The van der Waals surface area contributed by atoms with Crippen LogP contribution < -0.4 is 10.5 Å². The van der Waals surface area contributed by atoms with Crippen LogP contribution >= 0.6 is 12.4 Å². The molecule has 1 saturated carbocycles. The van der Waals surface area contributed by atoms with Crippen LogP contribution in [0.15, 0.2) is 18.2 Å². The highest BCUT2D eigenvalue weighted by Crippen LogP contribution is 2.34. The Hall–Kier alpha value is -1.05. The average Bonchev–Trinajstić information content (AvgIpc) is 2.47. The summed E-state index contributed by atoms with van der Waals surface area (Å²) in [6, 6.07) is 1.56. The molecule has 1 fully saturated rings. The van der Waals surface area contributed by atoms with Crippen LogP contribution in [0, 0.1) is 11.7 Å². The lowest BCUT2D eigenvalue weighted by Gasteiger charge is -2.30. The van der Waals surface area contributed by atoms with Gasteiger partial charge in [-0.3, -0.25) is 0 Å². The minimum atomic E-state index is -4.86. The molecule has 0 spiro atoms. The standard InChI is InChI=1S/C15H19F4NO2.ClH/c16-12-7-6-10(22-15(17,18)19)8-11(12)13(20)14(21)9-4-2-1-3-5-9;/h6-9,13-14,21H,1-5,20H2;1H/t13-,14+;/m0./s1. The first-order valence-corrected chi connectivity index (χ1v) is 7.27. The van der Waals surface area contributed by atoms with E-state index in [0.29, 0.717) is 0 Å². The smallest absolute Gasteiger partial charge is 0.406 e. The van der Waals surface area contributed by atoms with Crippen molar-refractivity contribution >= 4 is 12.4 Å². The number of aliphatic hydroxyl groups excluding tert-OH is 1. The van der Waals surface area contributed by atoms with Gasteiger partial charge in [-0.15, -0.1) is 25.6 Å². The van der Waals surface area contributed by atoms with Gasteiger partial charge in [-0.05, 0) is 37.0 Å². The van der Waals surface area contributed by atoms with E-state index in [0.717, 1.165) is 50.3 Å². The maximum absolute atomic E-state index is 13.9. The summed E-state index contributed by atoms with van der Waals surface area (Å²) in [5.74, 6) is -1.36. The molecular weight excluding hydrogens is 338 g/mol. The lowest BCUT2D eigenvalue weighted by Crippen LogP contribution is -2.34. The van der Waals surface area contributed by atoms with Crippen molar-refractivity contribution in [3.63, 3.8) is 0 Å². The third kappa shape index (κ3) is 5.51. The molecule has 1 aliphatic carbocycles. The van der Waals surface area contributed by atoms with Crippen molar-refractivity contribution in [1.82, 2.24) is 0 Å². The van der Waals surface area contributed by atoms with Crippen molar-refractivity contribution in [3.05, 3.63) is 29.6 Å². The fraction of sp³-hybridized carbons (Fsp3) is 0.600. The summed E-state index contributed by atoms with van der Waals surface area (Å²) >= 11 is 0. The number of halogens is 5. The fourth-order valence-corrected chi connectivity index (χ4v) is 2.93. The van der Waals surface area contributed by atoms with E-state index in [1.165, 1.54) is 0 Å². The molecule has 1 aromatic rings. The molecule has 0 unspecified atom stereocenters. The van der Waals surface area contributed by atoms with Gasteiger partial charge in [-0.1, -0.05) is 19.3 Å². The van der Waals surface area contributed by atoms with Crippen LogP contribution in [0.3, 0.4) is 0 Å². The Kier molecular flexibility index (Phi) is 7.10. The zero-order chi connectivity index (χ0) is 16.3. The summed E-state index contributed by atoms with van der Waals surface area (Å²) in [5, 5.41) is 10.3. The Bertz CT molecular complexity index is 507. The van der Waals surface area contributed by atoms with Gasteiger partial charge in [0.15, 0.2) is 0 Å². The zero-order valence-corrected chi connectivity index (χ0v) is 13.2. The molecule has 0 aromatic heterocycles. The molecular formula is C15H20ClF4NO2. The molecule has 0 radical (unpaired) electrons. The summed E-state index contributed by atoms with van der Waals surface area (Å²) in [5.41, 5.74) is 5.71. The number of nitrogens with two attached hydrogens (primary N) is 1. The van der Waals surface area contributed by atoms with Crippen molar-refractivity contribution in [3.8, 4) is 5.75 Å². The monoisotopic (exact) mass is 357 g/mol. The van der Waals surface area contributed by atoms with Gasteiger partial charge >= 0.3 is 6.36 Å². The second-order valence-corrected chi connectivity index (χ2v) is 5.65. The van der Waals surface area contributed by atoms with Crippen molar-refractivity contribution in [2.75, 3.05) is 0 Å². The van der Waals surface area contributed by atoms with E-state index < -0.39 is 30.1 Å². The van der Waals surface area contributed by atoms with Crippen LogP contribution in [0.25, 0.3) is 0 Å². The topological polar surface area (TPSA) is 55.5 Å². The van der Waals surface area contributed by atoms with Gasteiger partial charge in [0, 0.05) is 5.56 Å². The molecule has 23 heavy (non-hydrogen) atoms. The molecule has 3 nitrogen and oxygen atoms in total. The third-order valence-corrected chi connectivity index (χ3v) is 4.06. The van der Waals surface area contributed by atoms with Crippen molar-refractivity contribution in [2.24, 2.45) is 11.7 Å². The van der Waals surface area contributed by atoms with E-state index in [2.05, 4.69) is 4.74 Å². The third-order valence-electron chi connectivity index (χ3n) is 4.06. The normalized spacial score (nSPS) is 18.9. The summed E-state index contributed by atoms with van der Waals surface area (Å²) in [4.78, 5) is 0. The van der Waals surface area contributed by atoms with Crippen LogP contribution in [0.5, 0.6) is 5.75 Å². The number of rotatable bonds is 4. The van der Waals surface area contributed by atoms with Gasteiger partial charge in [-0.25, -0.2) is 4.39 Å². The predicted octanol–water partition coefficient (Wildman–Crippen LogP) is 4.09. The average molecular weight is 358 g/mol. The number of ether oxygens (including phenoxy) is 1. The Balaban J connectivity index is 0.00000264. The van der Waals surface area contributed by atoms with Gasteiger partial charge < -0.3 is 15.6 Å². The number of alkyl halides is 3. The molecule has 2 atom stereocenters. The maximum Gasteiger partial charge on any atom is 0.573 e. The van der Waals surface area contributed by atoms with E-state index in [1.54, 1.807) is 0 Å². The minimum absolute atomic E-state index is 0. The van der Waals surface area contributed by atoms with Gasteiger partial charge in [0.1, 0.15) is 11.6 Å². The van der Waals surface area contributed by atoms with E-state index in [9.17, 15) is 22.7 Å². The SMILES string of the molecule is Cl.N[C@@H](c1cc(OC(F)(F)F)ccc1F)[C@H](O)C1CCCCC1. The van der Waals surface area contributed by atoms with Crippen molar-refractivity contribution in [1.29, 1.82) is 0 Å². The second-order valence-electron chi connectivity index (χ2n) is 5.65. The predicted molar refractivity (Wildman–Crippen MR) is 79.8 cm³/mol. The van der Waals surface area contributed by atoms with Gasteiger partial charge in [0.05, 0.1) is 12.1 Å². The van der Waals surface area contributed by atoms with Gasteiger partial charge in [0.25, 0.3) is 0 Å². The Morgan fingerprint density at radius 3 is 2.35 bits per heavy atom. The number of hydrogen-bond acceptors (Lipinski definition) is 3. The molecule has 2 rings (SSSR count). The first-order chi connectivity index (χ1) is 10.3. The molecule has 0 aliphatic heterocycles. The minimum Gasteiger partial charge on any atom is -0.406 e. The van der Waals surface area contributed by atoms with Gasteiger partial charge in [-0.2, -0.15) is 0 Å². The molecule has 132 valence electrons. The van der Waals surface area contributed by atoms with E-state index >= 15 is 0 Å². The first-order valence-electron chi connectivity index (χ1n) is 7.27. The van der Waals surface area contributed by atoms with Crippen LogP contribution in [0.1, 0.15) is 43.7 Å². The molecule has 3 N–H and O–H groups in total. The summed E-state index contributed by atoms with van der Waals surface area (Å²) in [6.07, 6.45) is -1.26. The molecule has 0 heterocycles. The number of aliphatic hydroxyl groups is 1. The Morgan fingerprint density at radius 2 is 1.78 bits per heavy atom. The quantitative estimate of drug-likeness (QED) is 0.798.